The Kier molecular flexibility index (Phi) is 5.09. The molecule has 0 aromatic heterocycles. The van der Waals surface area contributed by atoms with Crippen molar-refractivity contribution in [3.8, 4) is 0 Å². The van der Waals surface area contributed by atoms with E-state index in [9.17, 15) is 10.1 Å². The van der Waals surface area contributed by atoms with E-state index in [0.29, 0.717) is 13.0 Å². The number of para-hydroxylation sites is 1. The number of benzene rings is 1. The van der Waals surface area contributed by atoms with Gasteiger partial charge in [-0.15, -0.1) is 0 Å². The first-order valence-electron chi connectivity index (χ1n) is 4.46. The van der Waals surface area contributed by atoms with Gasteiger partial charge < -0.3 is 4.18 Å². The van der Waals surface area contributed by atoms with Crippen LogP contribution in [0.4, 0.5) is 5.69 Å². The van der Waals surface area contributed by atoms with Crippen molar-refractivity contribution in [2.24, 2.45) is 5.14 Å². The molecule has 1 aromatic rings. The van der Waals surface area contributed by atoms with E-state index in [-0.39, 0.29) is 10.6 Å². The Hall–Kier alpha value is -1.11. The topological polar surface area (TPSA) is 78.4 Å². The third-order valence-corrected chi connectivity index (χ3v) is 2.23. The molecule has 0 fully saturated rings. The Morgan fingerprint density at radius 1 is 1.47 bits per heavy atom. The van der Waals surface area contributed by atoms with Gasteiger partial charge >= 0.3 is 0 Å². The summed E-state index contributed by atoms with van der Waals surface area (Å²) in [5.41, 5.74) is 0.894. The minimum absolute atomic E-state index is 0.165. The number of nitrogens with zero attached hydrogens (tertiary/aromatic N) is 1. The minimum atomic E-state index is -0.367. The van der Waals surface area contributed by atoms with Crippen molar-refractivity contribution in [2.45, 2.75) is 12.8 Å². The lowest BCUT2D eigenvalue weighted by atomic mass is 10.1. The third-order valence-electron chi connectivity index (χ3n) is 1.93. The summed E-state index contributed by atoms with van der Waals surface area (Å²) in [7, 11) is 0. The van der Waals surface area contributed by atoms with Crippen molar-refractivity contribution in [3.05, 3.63) is 39.9 Å². The monoisotopic (exact) mass is 228 g/mol. The molecule has 0 aliphatic rings. The number of hydrogen-bond acceptors (Lipinski definition) is 5. The van der Waals surface area contributed by atoms with Gasteiger partial charge in [0.2, 0.25) is 0 Å². The fraction of sp³-hybridized carbons (Fsp3) is 0.333. The van der Waals surface area contributed by atoms with Crippen LogP contribution >= 0.6 is 12.2 Å². The van der Waals surface area contributed by atoms with Crippen LogP contribution in [0.1, 0.15) is 12.0 Å². The third kappa shape index (κ3) is 3.86. The highest BCUT2D eigenvalue weighted by molar-refractivity contribution is 7.92. The van der Waals surface area contributed by atoms with E-state index in [4.69, 9.17) is 9.32 Å². The summed E-state index contributed by atoms with van der Waals surface area (Å²) in [6.07, 6.45) is 1.34. The Morgan fingerprint density at radius 3 is 2.87 bits per heavy atom. The molecule has 0 bridgehead atoms. The first kappa shape index (κ1) is 12.0. The van der Waals surface area contributed by atoms with Crippen molar-refractivity contribution in [3.63, 3.8) is 0 Å². The maximum absolute atomic E-state index is 10.7. The smallest absolute Gasteiger partial charge is 0.272 e. The normalized spacial score (nSPS) is 10.2. The van der Waals surface area contributed by atoms with Gasteiger partial charge in [-0.3, -0.25) is 15.3 Å². The van der Waals surface area contributed by atoms with Gasteiger partial charge in [0, 0.05) is 11.6 Å². The van der Waals surface area contributed by atoms with E-state index in [1.165, 1.54) is 6.07 Å². The van der Waals surface area contributed by atoms with Crippen LogP contribution in [0.2, 0.25) is 0 Å². The fourth-order valence-electron chi connectivity index (χ4n) is 1.27. The quantitative estimate of drug-likeness (QED) is 0.265. The lowest BCUT2D eigenvalue weighted by molar-refractivity contribution is -0.385. The van der Waals surface area contributed by atoms with Gasteiger partial charge in [-0.2, -0.15) is 0 Å². The molecule has 2 N–H and O–H groups in total. The number of nitrogens with two attached hydrogens (primary N) is 1. The highest BCUT2D eigenvalue weighted by atomic mass is 32.2. The predicted molar refractivity (Wildman–Crippen MR) is 59.1 cm³/mol. The second kappa shape index (κ2) is 6.39. The largest absolute Gasteiger partial charge is 0.301 e. The second-order valence-corrected chi connectivity index (χ2v) is 3.34. The van der Waals surface area contributed by atoms with E-state index in [0.717, 1.165) is 24.2 Å². The zero-order valence-electron chi connectivity index (χ0n) is 8.09. The van der Waals surface area contributed by atoms with Gasteiger partial charge in [0.05, 0.1) is 23.8 Å². The van der Waals surface area contributed by atoms with Crippen molar-refractivity contribution in [2.75, 3.05) is 6.61 Å². The van der Waals surface area contributed by atoms with Gasteiger partial charge in [0.25, 0.3) is 5.69 Å². The second-order valence-electron chi connectivity index (χ2n) is 2.91. The van der Waals surface area contributed by atoms with Crippen LogP contribution in [-0.4, -0.2) is 11.5 Å². The molecule has 6 heteroatoms. The molecule has 0 radical (unpaired) electrons. The van der Waals surface area contributed by atoms with Crippen LogP contribution in [0.5, 0.6) is 0 Å². The van der Waals surface area contributed by atoms with Crippen molar-refractivity contribution < 1.29 is 9.11 Å². The Morgan fingerprint density at radius 2 is 2.20 bits per heavy atom. The summed E-state index contributed by atoms with van der Waals surface area (Å²) in [6, 6.07) is 6.72. The molecule has 0 aliphatic carbocycles. The Bertz CT molecular complexity index is 333. The number of rotatable bonds is 6. The molecular formula is C9H12N2O3S. The van der Waals surface area contributed by atoms with Crippen LogP contribution in [0.25, 0.3) is 0 Å². The van der Waals surface area contributed by atoms with Crippen molar-refractivity contribution in [1.82, 2.24) is 0 Å². The maximum Gasteiger partial charge on any atom is 0.272 e. The molecule has 1 aromatic carbocycles. The predicted octanol–water partition coefficient (Wildman–Crippen LogP) is 2.07. The molecule has 0 amide bonds. The Labute approximate surface area is 92.1 Å². The molecule has 0 atom stereocenters. The first-order chi connectivity index (χ1) is 7.25. The zero-order valence-corrected chi connectivity index (χ0v) is 8.90. The number of aryl methyl sites for hydroxylation is 1. The molecule has 5 nitrogen and oxygen atoms in total. The SMILES string of the molecule is NSOCCCc1ccccc1[N+](=O)[O-]. The molecule has 0 unspecified atom stereocenters. The summed E-state index contributed by atoms with van der Waals surface area (Å²) in [4.78, 5) is 10.3. The molecule has 0 heterocycles. The summed E-state index contributed by atoms with van der Waals surface area (Å²) in [6.45, 7) is 0.493. The fourth-order valence-corrected chi connectivity index (χ4v) is 1.48. The summed E-state index contributed by atoms with van der Waals surface area (Å²) in [5, 5.41) is 15.7. The van der Waals surface area contributed by atoms with Crippen LogP contribution in [-0.2, 0) is 10.6 Å². The van der Waals surface area contributed by atoms with Crippen molar-refractivity contribution in [1.29, 1.82) is 0 Å². The molecule has 0 saturated carbocycles. The highest BCUT2D eigenvalue weighted by Gasteiger charge is 2.11. The molecule has 0 spiro atoms. The van der Waals surface area contributed by atoms with E-state index in [1.54, 1.807) is 18.2 Å². The molecule has 15 heavy (non-hydrogen) atoms. The number of nitro groups is 1. The van der Waals surface area contributed by atoms with Crippen molar-refractivity contribution >= 4 is 17.9 Å². The molecule has 0 aliphatic heterocycles. The number of nitro benzene ring substituents is 1. The Balaban J connectivity index is 2.56. The average molecular weight is 228 g/mol. The van der Waals surface area contributed by atoms with Gasteiger partial charge in [0.1, 0.15) is 0 Å². The highest BCUT2D eigenvalue weighted by Crippen LogP contribution is 2.19. The standard InChI is InChI=1S/C9H12N2O3S/c10-15-14-7-3-5-8-4-1-2-6-9(8)11(12)13/h1-2,4,6H,3,5,7,10H2. The molecule has 82 valence electrons. The zero-order chi connectivity index (χ0) is 11.1. The maximum atomic E-state index is 10.7. The molecular weight excluding hydrogens is 216 g/mol. The summed E-state index contributed by atoms with van der Waals surface area (Å²) in [5.74, 6) is 0. The first-order valence-corrected chi connectivity index (χ1v) is 5.27. The van der Waals surface area contributed by atoms with Crippen LogP contribution < -0.4 is 5.14 Å². The van der Waals surface area contributed by atoms with Gasteiger partial charge in [0.15, 0.2) is 0 Å². The van der Waals surface area contributed by atoms with Crippen LogP contribution in [0.3, 0.4) is 0 Å². The van der Waals surface area contributed by atoms with E-state index >= 15 is 0 Å². The van der Waals surface area contributed by atoms with E-state index in [2.05, 4.69) is 0 Å². The number of hydrogen-bond donors (Lipinski definition) is 1. The van der Waals surface area contributed by atoms with Gasteiger partial charge in [-0.1, -0.05) is 18.2 Å². The minimum Gasteiger partial charge on any atom is -0.301 e. The van der Waals surface area contributed by atoms with Crippen LogP contribution in [0.15, 0.2) is 24.3 Å². The van der Waals surface area contributed by atoms with Gasteiger partial charge in [-0.25, -0.2) is 0 Å². The summed E-state index contributed by atoms with van der Waals surface area (Å²) >= 11 is 0.813. The van der Waals surface area contributed by atoms with E-state index < -0.39 is 0 Å². The van der Waals surface area contributed by atoms with E-state index in [1.807, 2.05) is 0 Å². The van der Waals surface area contributed by atoms with Crippen LogP contribution in [0, 0.1) is 10.1 Å². The summed E-state index contributed by atoms with van der Waals surface area (Å²) < 4.78 is 4.88. The molecule has 0 saturated heterocycles. The average Bonchev–Trinajstić information content (AvgIpc) is 2.25. The lowest BCUT2D eigenvalue weighted by Crippen LogP contribution is -1.98. The molecule has 1 rings (SSSR count). The van der Waals surface area contributed by atoms with Gasteiger partial charge in [-0.05, 0) is 12.8 Å². The lowest BCUT2D eigenvalue weighted by Gasteiger charge is -2.02.